The molecule has 2 aliphatic heterocycles. The summed E-state index contributed by atoms with van der Waals surface area (Å²) >= 11 is 6.33. The second-order valence-electron chi connectivity index (χ2n) is 8.00. The van der Waals surface area contributed by atoms with Crippen LogP contribution in [0.3, 0.4) is 0 Å². The number of rotatable bonds is 6. The van der Waals surface area contributed by atoms with Crippen LogP contribution in [0.2, 0.25) is 5.02 Å². The summed E-state index contributed by atoms with van der Waals surface area (Å²) in [6.07, 6.45) is 0. The Hall–Kier alpha value is -2.87. The predicted octanol–water partition coefficient (Wildman–Crippen LogP) is 3.62. The topological polar surface area (TPSA) is 70.7 Å². The van der Waals surface area contributed by atoms with Crippen molar-refractivity contribution >= 4 is 17.5 Å². The Morgan fingerprint density at radius 2 is 1.94 bits per heavy atom. The van der Waals surface area contributed by atoms with Crippen LogP contribution in [0.4, 0.5) is 0 Å². The molecule has 1 saturated heterocycles. The molecule has 1 amide bonds. The number of H-pyrrole nitrogens is 1. The van der Waals surface area contributed by atoms with E-state index in [1.54, 1.807) is 7.11 Å². The van der Waals surface area contributed by atoms with Gasteiger partial charge in [-0.15, -0.1) is 0 Å². The van der Waals surface area contributed by atoms with Crippen LogP contribution in [0.15, 0.2) is 48.5 Å². The van der Waals surface area contributed by atoms with E-state index in [2.05, 4.69) is 15.1 Å². The third kappa shape index (κ3) is 3.88. The number of aromatic nitrogens is 2. The molecule has 32 heavy (non-hydrogen) atoms. The van der Waals surface area contributed by atoms with Gasteiger partial charge in [-0.3, -0.25) is 14.8 Å². The van der Waals surface area contributed by atoms with Gasteiger partial charge in [-0.2, -0.15) is 5.10 Å². The van der Waals surface area contributed by atoms with Crippen LogP contribution in [0.5, 0.6) is 5.75 Å². The Balaban J connectivity index is 1.52. The Labute approximate surface area is 191 Å². The molecule has 1 fully saturated rings. The first-order valence-corrected chi connectivity index (χ1v) is 11.1. The van der Waals surface area contributed by atoms with Crippen LogP contribution >= 0.6 is 11.6 Å². The van der Waals surface area contributed by atoms with Crippen molar-refractivity contribution in [1.82, 2.24) is 20.0 Å². The summed E-state index contributed by atoms with van der Waals surface area (Å²) in [5, 5.41) is 8.17. The number of morpholine rings is 1. The van der Waals surface area contributed by atoms with Crippen molar-refractivity contribution in [2.24, 2.45) is 0 Å². The second kappa shape index (κ2) is 8.94. The van der Waals surface area contributed by atoms with Crippen LogP contribution in [0, 0.1) is 0 Å². The van der Waals surface area contributed by atoms with Crippen molar-refractivity contribution in [2.45, 2.75) is 6.04 Å². The predicted molar refractivity (Wildman–Crippen MR) is 122 cm³/mol. The molecule has 2 aromatic carbocycles. The van der Waals surface area contributed by atoms with Crippen molar-refractivity contribution in [3.05, 3.63) is 70.4 Å². The standard InChI is InChI=1S/C24H25ClN4O3/c1-31-19-7-5-16(6-8-19)21-20-22(27-26-21)24(30)29(10-9-28-11-13-32-14-12-28)23(20)17-3-2-4-18(25)15-17/h2-8,15,23H,9-14H2,1H3,(H,26,27). The van der Waals surface area contributed by atoms with Crippen LogP contribution < -0.4 is 4.74 Å². The molecule has 5 rings (SSSR count). The first-order chi connectivity index (χ1) is 15.7. The van der Waals surface area contributed by atoms with Gasteiger partial charge in [0.25, 0.3) is 5.91 Å². The maximum atomic E-state index is 13.4. The summed E-state index contributed by atoms with van der Waals surface area (Å²) in [6, 6.07) is 15.2. The Morgan fingerprint density at radius 3 is 2.66 bits per heavy atom. The smallest absolute Gasteiger partial charge is 0.273 e. The molecule has 0 spiro atoms. The molecular formula is C24H25ClN4O3. The quantitative estimate of drug-likeness (QED) is 0.618. The molecule has 1 atom stereocenters. The van der Waals surface area contributed by atoms with E-state index in [0.717, 1.165) is 61.0 Å². The fraction of sp³-hybridized carbons (Fsp3) is 0.333. The van der Waals surface area contributed by atoms with E-state index in [1.165, 1.54) is 0 Å². The number of amides is 1. The molecule has 0 aliphatic carbocycles. The normalized spacial score (nSPS) is 18.8. The van der Waals surface area contributed by atoms with E-state index in [1.807, 2.05) is 53.4 Å². The Kier molecular flexibility index (Phi) is 5.87. The first-order valence-electron chi connectivity index (χ1n) is 10.7. The Bertz CT molecular complexity index is 1110. The van der Waals surface area contributed by atoms with Crippen LogP contribution in [0.25, 0.3) is 11.3 Å². The molecule has 0 radical (unpaired) electrons. The van der Waals surface area contributed by atoms with Crippen molar-refractivity contribution in [2.75, 3.05) is 46.5 Å². The lowest BCUT2D eigenvalue weighted by Crippen LogP contribution is -2.42. The lowest BCUT2D eigenvalue weighted by Gasteiger charge is -2.31. The highest BCUT2D eigenvalue weighted by molar-refractivity contribution is 6.30. The highest BCUT2D eigenvalue weighted by Gasteiger charge is 2.42. The van der Waals surface area contributed by atoms with Gasteiger partial charge in [0, 0.05) is 42.3 Å². The van der Waals surface area contributed by atoms with Crippen molar-refractivity contribution in [3.8, 4) is 17.0 Å². The average molecular weight is 453 g/mol. The van der Waals surface area contributed by atoms with E-state index in [9.17, 15) is 4.79 Å². The zero-order chi connectivity index (χ0) is 22.1. The summed E-state index contributed by atoms with van der Waals surface area (Å²) in [4.78, 5) is 17.7. The van der Waals surface area contributed by atoms with Gasteiger partial charge in [-0.05, 0) is 42.0 Å². The number of nitrogens with one attached hydrogen (secondary N) is 1. The highest BCUT2D eigenvalue weighted by Crippen LogP contribution is 2.43. The summed E-state index contributed by atoms with van der Waals surface area (Å²) in [6.45, 7) is 4.64. The summed E-state index contributed by atoms with van der Waals surface area (Å²) in [7, 11) is 1.64. The van der Waals surface area contributed by atoms with Crippen LogP contribution in [-0.2, 0) is 4.74 Å². The fourth-order valence-corrected chi connectivity index (χ4v) is 4.69. The molecule has 0 saturated carbocycles. The molecule has 3 aromatic rings. The number of nitrogens with zero attached hydrogens (tertiary/aromatic N) is 3. The van der Waals surface area contributed by atoms with E-state index >= 15 is 0 Å². The molecule has 1 aromatic heterocycles. The van der Waals surface area contributed by atoms with Crippen molar-refractivity contribution in [1.29, 1.82) is 0 Å². The molecule has 166 valence electrons. The minimum Gasteiger partial charge on any atom is -0.497 e. The summed E-state index contributed by atoms with van der Waals surface area (Å²) in [5.41, 5.74) is 4.11. The third-order valence-electron chi connectivity index (χ3n) is 6.15. The number of halogens is 1. The molecule has 2 aliphatic rings. The fourth-order valence-electron chi connectivity index (χ4n) is 4.49. The lowest BCUT2D eigenvalue weighted by atomic mass is 9.96. The van der Waals surface area contributed by atoms with Gasteiger partial charge in [0.05, 0.1) is 32.1 Å². The second-order valence-corrected chi connectivity index (χ2v) is 8.44. The zero-order valence-electron chi connectivity index (χ0n) is 17.9. The number of ether oxygens (including phenoxy) is 2. The Morgan fingerprint density at radius 1 is 1.16 bits per heavy atom. The van der Waals surface area contributed by atoms with Crippen LogP contribution in [0.1, 0.15) is 27.7 Å². The molecule has 1 unspecified atom stereocenters. The van der Waals surface area contributed by atoms with E-state index in [0.29, 0.717) is 17.3 Å². The van der Waals surface area contributed by atoms with E-state index < -0.39 is 0 Å². The maximum absolute atomic E-state index is 13.4. The molecule has 8 heteroatoms. The molecule has 1 N–H and O–H groups in total. The van der Waals surface area contributed by atoms with E-state index in [4.69, 9.17) is 21.1 Å². The average Bonchev–Trinajstić information content (AvgIpc) is 3.37. The molecule has 0 bridgehead atoms. The van der Waals surface area contributed by atoms with Gasteiger partial charge in [0.15, 0.2) is 0 Å². The lowest BCUT2D eigenvalue weighted by molar-refractivity contribution is 0.0316. The number of hydrogen-bond acceptors (Lipinski definition) is 5. The first kappa shape index (κ1) is 21.0. The van der Waals surface area contributed by atoms with E-state index in [-0.39, 0.29) is 11.9 Å². The van der Waals surface area contributed by atoms with Gasteiger partial charge >= 0.3 is 0 Å². The number of benzene rings is 2. The highest BCUT2D eigenvalue weighted by atomic mass is 35.5. The largest absolute Gasteiger partial charge is 0.497 e. The number of methoxy groups -OCH3 is 1. The number of carbonyl (C=O) groups is 1. The SMILES string of the molecule is COc1ccc(-c2n[nH]c3c2C(c2cccc(Cl)c2)N(CCN2CCOCC2)C3=O)cc1. The number of aromatic amines is 1. The minimum absolute atomic E-state index is 0.0366. The van der Waals surface area contributed by atoms with Crippen molar-refractivity contribution < 1.29 is 14.3 Å². The monoisotopic (exact) mass is 452 g/mol. The number of carbonyl (C=O) groups excluding carboxylic acids is 1. The van der Waals surface area contributed by atoms with Crippen LogP contribution in [-0.4, -0.2) is 72.4 Å². The summed E-state index contributed by atoms with van der Waals surface area (Å²) in [5.74, 6) is 0.737. The molecule has 7 nitrogen and oxygen atoms in total. The minimum atomic E-state index is -0.256. The van der Waals surface area contributed by atoms with Crippen molar-refractivity contribution in [3.63, 3.8) is 0 Å². The van der Waals surface area contributed by atoms with Gasteiger partial charge in [-0.25, -0.2) is 0 Å². The number of hydrogen-bond donors (Lipinski definition) is 1. The zero-order valence-corrected chi connectivity index (χ0v) is 18.6. The third-order valence-corrected chi connectivity index (χ3v) is 6.39. The number of fused-ring (bicyclic) bond motifs is 1. The maximum Gasteiger partial charge on any atom is 0.273 e. The summed E-state index contributed by atoms with van der Waals surface area (Å²) < 4.78 is 10.7. The molecular weight excluding hydrogens is 428 g/mol. The van der Waals surface area contributed by atoms with Gasteiger partial charge in [0.1, 0.15) is 11.4 Å². The van der Waals surface area contributed by atoms with Gasteiger partial charge in [-0.1, -0.05) is 23.7 Å². The van der Waals surface area contributed by atoms with Gasteiger partial charge < -0.3 is 14.4 Å². The van der Waals surface area contributed by atoms with Gasteiger partial charge in [0.2, 0.25) is 0 Å². The molecule has 3 heterocycles.